The summed E-state index contributed by atoms with van der Waals surface area (Å²) in [5.41, 5.74) is 1.90. The van der Waals surface area contributed by atoms with Crippen LogP contribution in [0.2, 0.25) is 0 Å². The molecule has 2 aliphatic rings. The van der Waals surface area contributed by atoms with Crippen molar-refractivity contribution in [2.24, 2.45) is 11.8 Å². The van der Waals surface area contributed by atoms with E-state index < -0.39 is 11.8 Å². The Morgan fingerprint density at radius 3 is 1.80 bits per heavy atom. The first-order chi connectivity index (χ1) is 7.19. The Kier molecular flexibility index (Phi) is 2.34. The van der Waals surface area contributed by atoms with E-state index in [-0.39, 0.29) is 11.9 Å². The van der Waals surface area contributed by atoms with E-state index in [0.29, 0.717) is 6.42 Å². The van der Waals surface area contributed by atoms with Crippen LogP contribution < -0.4 is 0 Å². The Morgan fingerprint density at radius 2 is 1.47 bits per heavy atom. The van der Waals surface area contributed by atoms with E-state index in [2.05, 4.69) is 0 Å². The lowest BCUT2D eigenvalue weighted by molar-refractivity contribution is -0.153. The van der Waals surface area contributed by atoms with Gasteiger partial charge >= 0.3 is 11.9 Å². The maximum absolute atomic E-state index is 11.5. The van der Waals surface area contributed by atoms with E-state index in [9.17, 15) is 9.59 Å². The number of fused-ring (bicyclic) bond motifs is 2. The molecule has 0 aromatic rings. The minimum absolute atomic E-state index is 0.361. The normalized spacial score (nSPS) is 27.1. The fourth-order valence-corrected chi connectivity index (χ4v) is 2.25. The third-order valence-electron chi connectivity index (χ3n) is 2.96. The number of carbonyl (C=O) groups is 2. The number of rotatable bonds is 2. The number of esters is 2. The van der Waals surface area contributed by atoms with Crippen LogP contribution in [-0.4, -0.2) is 26.2 Å². The van der Waals surface area contributed by atoms with Gasteiger partial charge in [-0.15, -0.1) is 0 Å². The van der Waals surface area contributed by atoms with Crippen LogP contribution in [-0.2, 0) is 19.1 Å². The Bertz CT molecular complexity index is 342. The molecule has 0 N–H and O–H groups in total. The summed E-state index contributed by atoms with van der Waals surface area (Å²) in [5, 5.41) is 0. The second kappa shape index (κ2) is 3.53. The lowest BCUT2D eigenvalue weighted by Crippen LogP contribution is -2.30. The highest BCUT2D eigenvalue weighted by molar-refractivity contribution is 5.89. The van der Waals surface area contributed by atoms with E-state index in [4.69, 9.17) is 9.47 Å². The molecule has 0 heterocycles. The quantitative estimate of drug-likeness (QED) is 0.631. The van der Waals surface area contributed by atoms with Gasteiger partial charge in [0.05, 0.1) is 26.1 Å². The molecule has 0 amide bonds. The summed E-state index contributed by atoms with van der Waals surface area (Å²) in [5.74, 6) is -1.66. The lowest BCUT2D eigenvalue weighted by atomic mass is 9.88. The molecule has 0 radical (unpaired) electrons. The van der Waals surface area contributed by atoms with Gasteiger partial charge in [0, 0.05) is 0 Å². The maximum atomic E-state index is 11.5. The van der Waals surface area contributed by atoms with Gasteiger partial charge in [0.1, 0.15) is 0 Å². The second-order valence-electron chi connectivity index (χ2n) is 3.66. The van der Waals surface area contributed by atoms with Crippen LogP contribution in [0.4, 0.5) is 0 Å². The number of ether oxygens (including phenoxy) is 2. The molecule has 0 saturated heterocycles. The summed E-state index contributed by atoms with van der Waals surface area (Å²) in [4.78, 5) is 23.1. The molecular formula is C11H12O4. The molecule has 2 bridgehead atoms. The summed E-state index contributed by atoms with van der Waals surface area (Å²) >= 11 is 0. The highest BCUT2D eigenvalue weighted by Crippen LogP contribution is 2.45. The number of hydrogen-bond donors (Lipinski definition) is 0. The predicted molar refractivity (Wildman–Crippen MR) is 51.8 cm³/mol. The van der Waals surface area contributed by atoms with Crippen LogP contribution in [0.15, 0.2) is 23.3 Å². The van der Waals surface area contributed by atoms with Crippen molar-refractivity contribution >= 4 is 11.9 Å². The molecule has 1 saturated carbocycles. The van der Waals surface area contributed by atoms with Crippen LogP contribution in [0.5, 0.6) is 0 Å². The standard InChI is InChI=1S/C11H12O4/c1-14-10(12)8-6-3-4-7(5-6)9(8)11(13)15-2/h3-4,8-9H,5H2,1-2H3. The van der Waals surface area contributed by atoms with E-state index >= 15 is 0 Å². The van der Waals surface area contributed by atoms with Crippen LogP contribution >= 0.6 is 0 Å². The molecule has 4 nitrogen and oxygen atoms in total. The fourth-order valence-electron chi connectivity index (χ4n) is 2.25. The van der Waals surface area contributed by atoms with Crippen LogP contribution in [0.1, 0.15) is 6.42 Å². The van der Waals surface area contributed by atoms with Gasteiger partial charge < -0.3 is 9.47 Å². The van der Waals surface area contributed by atoms with E-state index in [0.717, 1.165) is 11.1 Å². The van der Waals surface area contributed by atoms with Crippen molar-refractivity contribution in [3.63, 3.8) is 0 Å². The third kappa shape index (κ3) is 1.37. The Hall–Kier alpha value is -1.58. The van der Waals surface area contributed by atoms with E-state index in [1.165, 1.54) is 14.2 Å². The van der Waals surface area contributed by atoms with Gasteiger partial charge in [-0.2, -0.15) is 0 Å². The highest BCUT2D eigenvalue weighted by Gasteiger charge is 2.47. The van der Waals surface area contributed by atoms with Crippen molar-refractivity contribution in [3.8, 4) is 0 Å². The molecule has 2 aliphatic carbocycles. The van der Waals surface area contributed by atoms with Crippen molar-refractivity contribution in [3.05, 3.63) is 23.3 Å². The molecule has 2 atom stereocenters. The summed E-state index contributed by atoms with van der Waals surface area (Å²) in [6, 6.07) is 0. The van der Waals surface area contributed by atoms with E-state index in [1.54, 1.807) is 0 Å². The summed E-state index contributed by atoms with van der Waals surface area (Å²) in [6.45, 7) is 0. The molecule has 15 heavy (non-hydrogen) atoms. The zero-order valence-electron chi connectivity index (χ0n) is 8.65. The predicted octanol–water partition coefficient (Wildman–Crippen LogP) is 0.835. The molecule has 4 heteroatoms. The first kappa shape index (κ1) is 9.96. The van der Waals surface area contributed by atoms with Crippen LogP contribution in [0, 0.1) is 11.8 Å². The number of carbonyl (C=O) groups excluding carboxylic acids is 2. The van der Waals surface area contributed by atoms with Gasteiger partial charge in [-0.1, -0.05) is 23.3 Å². The average molecular weight is 208 g/mol. The Balaban J connectivity index is 2.29. The lowest BCUT2D eigenvalue weighted by Gasteiger charge is -2.18. The molecule has 0 aromatic heterocycles. The zero-order chi connectivity index (χ0) is 11.0. The molecule has 2 rings (SSSR count). The third-order valence-corrected chi connectivity index (χ3v) is 2.96. The van der Waals surface area contributed by atoms with Gasteiger partial charge in [-0.05, 0) is 6.42 Å². The molecule has 0 aliphatic heterocycles. The van der Waals surface area contributed by atoms with Crippen LogP contribution in [0.3, 0.4) is 0 Å². The van der Waals surface area contributed by atoms with Crippen molar-refractivity contribution < 1.29 is 19.1 Å². The van der Waals surface area contributed by atoms with Crippen molar-refractivity contribution in [2.75, 3.05) is 14.2 Å². The number of hydrogen-bond acceptors (Lipinski definition) is 4. The average Bonchev–Trinajstić information content (AvgIpc) is 2.86. The number of methoxy groups -OCH3 is 2. The van der Waals surface area contributed by atoms with Crippen molar-refractivity contribution in [2.45, 2.75) is 6.42 Å². The first-order valence-corrected chi connectivity index (χ1v) is 4.74. The summed E-state index contributed by atoms with van der Waals surface area (Å²) in [6.07, 6.45) is 4.46. The smallest absolute Gasteiger partial charge is 0.314 e. The molecule has 2 unspecified atom stereocenters. The van der Waals surface area contributed by atoms with Gasteiger partial charge in [0.15, 0.2) is 0 Å². The van der Waals surface area contributed by atoms with Gasteiger partial charge in [-0.25, -0.2) is 0 Å². The Labute approximate surface area is 87.5 Å². The van der Waals surface area contributed by atoms with Crippen LogP contribution in [0.25, 0.3) is 0 Å². The largest absolute Gasteiger partial charge is 0.469 e. The highest BCUT2D eigenvalue weighted by atomic mass is 16.5. The monoisotopic (exact) mass is 208 g/mol. The SMILES string of the molecule is COC(=O)C1C2=CC=C(C2)C1C(=O)OC. The Morgan fingerprint density at radius 1 is 1.07 bits per heavy atom. The molecular weight excluding hydrogens is 196 g/mol. The van der Waals surface area contributed by atoms with Gasteiger partial charge in [-0.3, -0.25) is 9.59 Å². The molecule has 80 valence electrons. The van der Waals surface area contributed by atoms with Crippen molar-refractivity contribution in [1.29, 1.82) is 0 Å². The summed E-state index contributed by atoms with van der Waals surface area (Å²) in [7, 11) is 2.66. The topological polar surface area (TPSA) is 52.6 Å². The molecule has 1 fully saturated rings. The summed E-state index contributed by atoms with van der Waals surface area (Å²) < 4.78 is 9.39. The minimum atomic E-state index is -0.470. The molecule has 0 aromatic carbocycles. The van der Waals surface area contributed by atoms with Gasteiger partial charge in [0.25, 0.3) is 0 Å². The molecule has 0 spiro atoms. The van der Waals surface area contributed by atoms with Gasteiger partial charge in [0.2, 0.25) is 0 Å². The zero-order valence-corrected chi connectivity index (χ0v) is 8.65. The van der Waals surface area contributed by atoms with Crippen molar-refractivity contribution in [1.82, 2.24) is 0 Å². The minimum Gasteiger partial charge on any atom is -0.469 e. The first-order valence-electron chi connectivity index (χ1n) is 4.74. The second-order valence-corrected chi connectivity index (χ2v) is 3.66. The van der Waals surface area contributed by atoms with E-state index in [1.807, 2.05) is 12.2 Å². The maximum Gasteiger partial charge on any atom is 0.314 e. The fraction of sp³-hybridized carbons (Fsp3) is 0.455. The number of allylic oxidation sites excluding steroid dienone is 2.